The number of rotatable bonds is 1. The highest BCUT2D eigenvalue weighted by Crippen LogP contribution is 2.38. The quantitative estimate of drug-likeness (QED) is 0.114. The normalized spacial score (nSPS) is 12.0. The van der Waals surface area contributed by atoms with Crippen molar-refractivity contribution in [2.24, 2.45) is 0 Å². The fraction of sp³-hybridized carbons (Fsp3) is 0. The van der Waals surface area contributed by atoms with Gasteiger partial charge in [0.05, 0.1) is 16.2 Å². The second-order valence-electron chi connectivity index (χ2n) is 10.1. The lowest BCUT2D eigenvalue weighted by Gasteiger charge is -2.13. The molecule has 2 heterocycles. The summed E-state index contributed by atoms with van der Waals surface area (Å²) in [5, 5.41) is 1.97. The maximum absolute atomic E-state index is 14.8. The maximum atomic E-state index is 14.8. The Hall–Kier alpha value is -5.50. The van der Waals surface area contributed by atoms with E-state index in [1.165, 1.54) is 6.07 Å². The minimum absolute atomic E-state index is 0.0836. The van der Waals surface area contributed by atoms with Crippen molar-refractivity contribution in [3.05, 3.63) is 129 Å². The van der Waals surface area contributed by atoms with Crippen molar-refractivity contribution in [2.75, 3.05) is 0 Å². The zero-order valence-corrected chi connectivity index (χ0v) is 21.2. The molecule has 6 aromatic carbocycles. The first-order chi connectivity index (χ1) is 20.3. The average molecular weight is 562 g/mol. The summed E-state index contributed by atoms with van der Waals surface area (Å²) in [5.41, 5.74) is -0.0749. The molecule has 0 amide bonds. The van der Waals surface area contributed by atoms with Crippen molar-refractivity contribution in [3.8, 4) is 11.1 Å². The molecule has 0 fully saturated rings. The summed E-state index contributed by atoms with van der Waals surface area (Å²) in [6.45, 7) is 0. The zero-order valence-electron chi connectivity index (χ0n) is 21.2. The lowest BCUT2D eigenvalue weighted by atomic mass is 9.94. The van der Waals surface area contributed by atoms with Crippen LogP contribution in [0.5, 0.6) is 0 Å². The van der Waals surface area contributed by atoms with Crippen LogP contribution in [0.15, 0.2) is 103 Å². The Bertz CT molecular complexity index is 2620. The summed E-state index contributed by atoms with van der Waals surface area (Å²) in [5.74, 6) is -4.75. The molecule has 0 saturated heterocycles. The highest BCUT2D eigenvalue weighted by molar-refractivity contribution is 6.15. The van der Waals surface area contributed by atoms with E-state index >= 15 is 0 Å². The molecule has 0 bridgehead atoms. The Kier molecular flexibility index (Phi) is 4.92. The van der Waals surface area contributed by atoms with E-state index in [0.717, 1.165) is 18.2 Å². The van der Waals surface area contributed by atoms with Crippen molar-refractivity contribution >= 4 is 65.4 Å². The summed E-state index contributed by atoms with van der Waals surface area (Å²) in [6, 6.07) is 21.2. The topological polar surface area (TPSA) is 60.4 Å². The lowest BCUT2D eigenvalue weighted by Crippen LogP contribution is -2.07. The molecule has 0 aliphatic heterocycles. The maximum Gasteiger partial charge on any atom is 0.204 e. The molecule has 0 spiro atoms. The van der Waals surface area contributed by atoms with E-state index in [4.69, 9.17) is 8.83 Å². The van der Waals surface area contributed by atoms with Gasteiger partial charge < -0.3 is 8.83 Å². The van der Waals surface area contributed by atoms with Crippen LogP contribution in [0.4, 0.5) is 17.6 Å². The molecule has 4 nitrogen and oxygen atoms in total. The van der Waals surface area contributed by atoms with Gasteiger partial charge in [-0.15, -0.1) is 0 Å². The second-order valence-corrected chi connectivity index (χ2v) is 10.1. The Morgan fingerprint density at radius 3 is 2.10 bits per heavy atom. The number of hydrogen-bond donors (Lipinski definition) is 0. The van der Waals surface area contributed by atoms with Crippen LogP contribution in [0.3, 0.4) is 0 Å². The molecular formula is C34H14F4O4. The molecule has 0 saturated carbocycles. The van der Waals surface area contributed by atoms with E-state index < -0.39 is 39.5 Å². The van der Waals surface area contributed by atoms with Gasteiger partial charge in [-0.1, -0.05) is 42.5 Å². The molecule has 0 radical (unpaired) electrons. The first-order valence-corrected chi connectivity index (χ1v) is 12.8. The standard InChI is InChI=1S/C34H14F4O4/c35-22-8-10-26-30(31(22)38)33(40)29-18-4-2-1-3-16(18)12-20(34(29)42-26)17-6-5-15-7-9-25-28(19(15)11-17)32(39)21-13-23(36)24(37)14-27(21)41-25/h1-14H. The van der Waals surface area contributed by atoms with Crippen LogP contribution in [0.25, 0.3) is 76.5 Å². The summed E-state index contributed by atoms with van der Waals surface area (Å²) in [7, 11) is 0. The fourth-order valence-electron chi connectivity index (χ4n) is 5.77. The summed E-state index contributed by atoms with van der Waals surface area (Å²) >= 11 is 0. The smallest absolute Gasteiger partial charge is 0.204 e. The van der Waals surface area contributed by atoms with Gasteiger partial charge in [0, 0.05) is 11.6 Å². The number of halogens is 4. The van der Waals surface area contributed by atoms with Gasteiger partial charge in [-0.3, -0.25) is 9.59 Å². The molecular weight excluding hydrogens is 548 g/mol. The molecule has 0 aliphatic rings. The lowest BCUT2D eigenvalue weighted by molar-refractivity contribution is 0.507. The second kappa shape index (κ2) is 8.50. The molecule has 2 aromatic heterocycles. The van der Waals surface area contributed by atoms with Crippen LogP contribution in [0, 0.1) is 23.3 Å². The van der Waals surface area contributed by atoms with Gasteiger partial charge in [0.15, 0.2) is 23.3 Å². The first kappa shape index (κ1) is 24.3. The van der Waals surface area contributed by atoms with Crippen LogP contribution >= 0.6 is 0 Å². The van der Waals surface area contributed by atoms with Gasteiger partial charge in [0.25, 0.3) is 0 Å². The Balaban J connectivity index is 1.51. The van der Waals surface area contributed by atoms with Crippen molar-refractivity contribution in [1.29, 1.82) is 0 Å². The van der Waals surface area contributed by atoms with Gasteiger partial charge >= 0.3 is 0 Å². The van der Waals surface area contributed by atoms with Crippen molar-refractivity contribution in [2.45, 2.75) is 0 Å². The van der Waals surface area contributed by atoms with Crippen LogP contribution in [-0.4, -0.2) is 0 Å². The third-order valence-electron chi connectivity index (χ3n) is 7.73. The Morgan fingerprint density at radius 2 is 1.24 bits per heavy atom. The van der Waals surface area contributed by atoms with Crippen molar-refractivity contribution in [1.82, 2.24) is 0 Å². The number of benzene rings is 6. The number of fused-ring (bicyclic) bond motifs is 8. The predicted octanol–water partition coefficient (Wildman–Crippen LogP) is 8.74. The average Bonchev–Trinajstić information content (AvgIpc) is 2.99. The van der Waals surface area contributed by atoms with Crippen molar-refractivity contribution in [3.63, 3.8) is 0 Å². The molecule has 8 heteroatoms. The van der Waals surface area contributed by atoms with Gasteiger partial charge in [-0.25, -0.2) is 17.6 Å². The molecule has 8 rings (SSSR count). The van der Waals surface area contributed by atoms with E-state index in [0.29, 0.717) is 32.7 Å². The van der Waals surface area contributed by atoms with Gasteiger partial charge in [-0.2, -0.15) is 0 Å². The van der Waals surface area contributed by atoms with E-state index in [1.54, 1.807) is 54.6 Å². The third-order valence-corrected chi connectivity index (χ3v) is 7.73. The fourth-order valence-corrected chi connectivity index (χ4v) is 5.77. The largest absolute Gasteiger partial charge is 0.456 e. The summed E-state index contributed by atoms with van der Waals surface area (Å²) < 4.78 is 68.7. The molecule has 0 unspecified atom stereocenters. The zero-order chi connectivity index (χ0) is 28.9. The highest BCUT2D eigenvalue weighted by Gasteiger charge is 2.21. The van der Waals surface area contributed by atoms with Gasteiger partial charge in [0.2, 0.25) is 10.9 Å². The first-order valence-electron chi connectivity index (χ1n) is 12.8. The minimum Gasteiger partial charge on any atom is -0.456 e. The molecule has 0 aliphatic carbocycles. The summed E-state index contributed by atoms with van der Waals surface area (Å²) in [4.78, 5) is 27.3. The molecule has 0 atom stereocenters. The number of hydrogen-bond acceptors (Lipinski definition) is 4. The SMILES string of the molecule is O=c1c2cc(F)c(F)cc2oc2ccc3ccc(-c4cc5ccccc5c5c(=O)c6c(F)c(F)ccc6oc45)cc3c12. The van der Waals surface area contributed by atoms with Crippen LogP contribution in [0.1, 0.15) is 0 Å². The van der Waals surface area contributed by atoms with Crippen LogP contribution in [0.2, 0.25) is 0 Å². The van der Waals surface area contributed by atoms with Crippen LogP contribution < -0.4 is 10.9 Å². The Labute approximate surface area is 231 Å². The van der Waals surface area contributed by atoms with Crippen LogP contribution in [-0.2, 0) is 0 Å². The molecule has 8 aromatic rings. The van der Waals surface area contributed by atoms with E-state index in [-0.39, 0.29) is 38.5 Å². The van der Waals surface area contributed by atoms with E-state index in [2.05, 4.69) is 0 Å². The molecule has 202 valence electrons. The third kappa shape index (κ3) is 3.29. The van der Waals surface area contributed by atoms with E-state index in [9.17, 15) is 27.2 Å². The van der Waals surface area contributed by atoms with Crippen molar-refractivity contribution < 1.29 is 26.4 Å². The molecule has 0 N–H and O–H groups in total. The minimum atomic E-state index is -1.29. The van der Waals surface area contributed by atoms with E-state index in [1.807, 2.05) is 6.07 Å². The monoisotopic (exact) mass is 562 g/mol. The molecule has 42 heavy (non-hydrogen) atoms. The predicted molar refractivity (Wildman–Crippen MR) is 154 cm³/mol. The highest BCUT2D eigenvalue weighted by atomic mass is 19.2. The Morgan fingerprint density at radius 1 is 0.500 bits per heavy atom. The summed E-state index contributed by atoms with van der Waals surface area (Å²) in [6.07, 6.45) is 0. The van der Waals surface area contributed by atoms with Gasteiger partial charge in [0.1, 0.15) is 27.7 Å². The van der Waals surface area contributed by atoms with Gasteiger partial charge in [-0.05, 0) is 63.5 Å².